The molecule has 1 amide bonds. The molecule has 1 aromatic heterocycles. The second-order valence-corrected chi connectivity index (χ2v) is 5.78. The standard InChI is InChI=1S/C16H12F2N2O3S/c1-22-11-5-3-4-9(14(11)23-2)15(21)20-16-19-13-10(18)6-8(17)7-12(13)24-16/h3-7H,1-2H3,(H,19,20,21). The van der Waals surface area contributed by atoms with Crippen LogP contribution in [0.25, 0.3) is 10.2 Å². The van der Waals surface area contributed by atoms with E-state index < -0.39 is 17.5 Å². The lowest BCUT2D eigenvalue weighted by Gasteiger charge is -2.11. The number of halogens is 2. The first-order valence-electron chi connectivity index (χ1n) is 6.81. The zero-order chi connectivity index (χ0) is 17.3. The van der Waals surface area contributed by atoms with Gasteiger partial charge in [0.25, 0.3) is 5.91 Å². The van der Waals surface area contributed by atoms with Crippen molar-refractivity contribution in [2.45, 2.75) is 0 Å². The predicted octanol–water partition coefficient (Wildman–Crippen LogP) is 3.84. The van der Waals surface area contributed by atoms with Gasteiger partial charge in [0.1, 0.15) is 11.3 Å². The van der Waals surface area contributed by atoms with Crippen molar-refractivity contribution in [1.82, 2.24) is 4.98 Å². The normalized spacial score (nSPS) is 10.7. The topological polar surface area (TPSA) is 60.5 Å². The Bertz CT molecular complexity index is 927. The molecule has 0 atom stereocenters. The van der Waals surface area contributed by atoms with Gasteiger partial charge in [-0.2, -0.15) is 0 Å². The van der Waals surface area contributed by atoms with E-state index in [1.165, 1.54) is 14.2 Å². The van der Waals surface area contributed by atoms with Gasteiger partial charge in [0, 0.05) is 6.07 Å². The number of para-hydroxylation sites is 1. The van der Waals surface area contributed by atoms with E-state index in [1.807, 2.05) is 0 Å². The van der Waals surface area contributed by atoms with E-state index in [-0.39, 0.29) is 22.0 Å². The summed E-state index contributed by atoms with van der Waals surface area (Å²) in [6, 6.07) is 6.77. The number of ether oxygens (including phenoxy) is 2. The Morgan fingerprint density at radius 3 is 2.71 bits per heavy atom. The van der Waals surface area contributed by atoms with Crippen molar-refractivity contribution in [3.63, 3.8) is 0 Å². The highest BCUT2D eigenvalue weighted by Gasteiger charge is 2.18. The first-order valence-corrected chi connectivity index (χ1v) is 7.63. The van der Waals surface area contributed by atoms with E-state index in [0.29, 0.717) is 10.4 Å². The first kappa shape index (κ1) is 16.1. The number of hydrogen-bond donors (Lipinski definition) is 1. The van der Waals surface area contributed by atoms with Crippen LogP contribution in [0.1, 0.15) is 10.4 Å². The summed E-state index contributed by atoms with van der Waals surface area (Å²) in [5.41, 5.74) is 0.247. The molecule has 3 aromatic rings. The lowest BCUT2D eigenvalue weighted by atomic mass is 10.1. The molecule has 0 aliphatic heterocycles. The minimum Gasteiger partial charge on any atom is -0.493 e. The van der Waals surface area contributed by atoms with Crippen molar-refractivity contribution in [2.75, 3.05) is 19.5 Å². The van der Waals surface area contributed by atoms with Crippen LogP contribution in [0, 0.1) is 11.6 Å². The SMILES string of the molecule is COc1cccc(C(=O)Nc2nc3c(F)cc(F)cc3s2)c1OC. The number of carbonyl (C=O) groups is 1. The van der Waals surface area contributed by atoms with Gasteiger partial charge in [-0.05, 0) is 18.2 Å². The molecule has 8 heteroatoms. The quantitative estimate of drug-likeness (QED) is 0.777. The molecular formula is C16H12F2N2O3S. The molecule has 5 nitrogen and oxygen atoms in total. The molecule has 0 bridgehead atoms. The maximum atomic E-state index is 13.7. The Morgan fingerprint density at radius 1 is 1.21 bits per heavy atom. The summed E-state index contributed by atoms with van der Waals surface area (Å²) in [4.78, 5) is 16.4. The number of nitrogens with one attached hydrogen (secondary N) is 1. The van der Waals surface area contributed by atoms with Gasteiger partial charge < -0.3 is 9.47 Å². The molecule has 1 heterocycles. The van der Waals surface area contributed by atoms with E-state index in [4.69, 9.17) is 9.47 Å². The molecule has 0 saturated carbocycles. The van der Waals surface area contributed by atoms with Gasteiger partial charge in [0.2, 0.25) is 0 Å². The molecule has 124 valence electrons. The summed E-state index contributed by atoms with van der Waals surface area (Å²) >= 11 is 0.977. The smallest absolute Gasteiger partial charge is 0.261 e. The van der Waals surface area contributed by atoms with Crippen molar-refractivity contribution in [1.29, 1.82) is 0 Å². The van der Waals surface area contributed by atoms with E-state index in [2.05, 4.69) is 10.3 Å². The van der Waals surface area contributed by atoms with Crippen LogP contribution in [0.15, 0.2) is 30.3 Å². The minimum atomic E-state index is -0.777. The van der Waals surface area contributed by atoms with Gasteiger partial charge >= 0.3 is 0 Å². The lowest BCUT2D eigenvalue weighted by molar-refractivity contribution is 0.102. The number of fused-ring (bicyclic) bond motifs is 1. The third-order valence-corrected chi connectivity index (χ3v) is 4.20. The number of anilines is 1. The highest BCUT2D eigenvalue weighted by Crippen LogP contribution is 2.33. The molecule has 3 rings (SSSR count). The number of methoxy groups -OCH3 is 2. The maximum absolute atomic E-state index is 13.7. The van der Waals surface area contributed by atoms with Crippen LogP contribution in [0.5, 0.6) is 11.5 Å². The highest BCUT2D eigenvalue weighted by molar-refractivity contribution is 7.22. The van der Waals surface area contributed by atoms with Crippen molar-refractivity contribution in [3.8, 4) is 11.5 Å². The monoisotopic (exact) mass is 350 g/mol. The number of aromatic nitrogens is 1. The molecule has 0 radical (unpaired) electrons. The number of thiazole rings is 1. The number of nitrogens with zero attached hydrogens (tertiary/aromatic N) is 1. The number of benzene rings is 2. The van der Waals surface area contributed by atoms with Crippen molar-refractivity contribution in [3.05, 3.63) is 47.5 Å². The minimum absolute atomic E-state index is 0.00862. The van der Waals surface area contributed by atoms with Crippen molar-refractivity contribution >= 4 is 32.6 Å². The molecule has 0 saturated heterocycles. The van der Waals surface area contributed by atoms with E-state index in [0.717, 1.165) is 23.5 Å². The second kappa shape index (κ2) is 6.40. The molecular weight excluding hydrogens is 338 g/mol. The number of carbonyl (C=O) groups excluding carboxylic acids is 1. The molecule has 2 aromatic carbocycles. The fourth-order valence-electron chi connectivity index (χ4n) is 2.24. The Kier molecular flexibility index (Phi) is 4.30. The van der Waals surface area contributed by atoms with Gasteiger partial charge in [-0.25, -0.2) is 13.8 Å². The summed E-state index contributed by atoms with van der Waals surface area (Å²) in [6.07, 6.45) is 0. The van der Waals surface area contributed by atoms with Crippen LogP contribution in [-0.4, -0.2) is 25.1 Å². The van der Waals surface area contributed by atoms with Gasteiger partial charge in [0.15, 0.2) is 22.4 Å². The maximum Gasteiger partial charge on any atom is 0.261 e. The van der Waals surface area contributed by atoms with Crippen molar-refractivity contribution < 1.29 is 23.0 Å². The van der Waals surface area contributed by atoms with Gasteiger partial charge in [-0.1, -0.05) is 17.4 Å². The number of hydrogen-bond acceptors (Lipinski definition) is 5. The number of amides is 1. The first-order chi connectivity index (χ1) is 11.5. The van der Waals surface area contributed by atoms with Crippen LogP contribution in [0.3, 0.4) is 0 Å². The van der Waals surface area contributed by atoms with E-state index >= 15 is 0 Å². The van der Waals surface area contributed by atoms with Gasteiger partial charge in [-0.15, -0.1) is 0 Å². The summed E-state index contributed by atoms with van der Waals surface area (Å²) in [6.45, 7) is 0. The zero-order valence-corrected chi connectivity index (χ0v) is 13.5. The average Bonchev–Trinajstić information content (AvgIpc) is 2.96. The predicted molar refractivity (Wildman–Crippen MR) is 87.0 cm³/mol. The molecule has 0 spiro atoms. The summed E-state index contributed by atoms with van der Waals surface area (Å²) in [7, 11) is 2.88. The number of rotatable bonds is 4. The molecule has 0 aliphatic rings. The van der Waals surface area contributed by atoms with E-state index in [1.54, 1.807) is 18.2 Å². The fourth-order valence-corrected chi connectivity index (χ4v) is 3.14. The zero-order valence-electron chi connectivity index (χ0n) is 12.7. The summed E-state index contributed by atoms with van der Waals surface area (Å²) in [5.74, 6) is -1.29. The largest absolute Gasteiger partial charge is 0.493 e. The lowest BCUT2D eigenvalue weighted by Crippen LogP contribution is -2.13. The second-order valence-electron chi connectivity index (χ2n) is 4.75. The fraction of sp³-hybridized carbons (Fsp3) is 0.125. The third-order valence-electron chi connectivity index (χ3n) is 3.28. The molecule has 0 aliphatic carbocycles. The van der Waals surface area contributed by atoms with Crippen LogP contribution < -0.4 is 14.8 Å². The Morgan fingerprint density at radius 2 is 2.00 bits per heavy atom. The average molecular weight is 350 g/mol. The van der Waals surface area contributed by atoms with Crippen LogP contribution in [0.4, 0.5) is 13.9 Å². The molecule has 24 heavy (non-hydrogen) atoms. The van der Waals surface area contributed by atoms with Crippen LogP contribution >= 0.6 is 11.3 Å². The van der Waals surface area contributed by atoms with Crippen molar-refractivity contribution in [2.24, 2.45) is 0 Å². The van der Waals surface area contributed by atoms with Gasteiger partial charge in [0.05, 0.1) is 24.5 Å². The Hall–Kier alpha value is -2.74. The molecule has 1 N–H and O–H groups in total. The summed E-state index contributed by atoms with van der Waals surface area (Å²) < 4.78 is 37.6. The van der Waals surface area contributed by atoms with E-state index in [9.17, 15) is 13.6 Å². The third kappa shape index (κ3) is 2.88. The van der Waals surface area contributed by atoms with Crippen LogP contribution in [0.2, 0.25) is 0 Å². The summed E-state index contributed by atoms with van der Waals surface area (Å²) in [5, 5.41) is 2.72. The Labute approximate surface area is 139 Å². The molecule has 0 unspecified atom stereocenters. The van der Waals surface area contributed by atoms with Gasteiger partial charge in [-0.3, -0.25) is 10.1 Å². The van der Waals surface area contributed by atoms with Crippen LogP contribution in [-0.2, 0) is 0 Å². The Balaban J connectivity index is 1.94. The highest BCUT2D eigenvalue weighted by atomic mass is 32.1. The molecule has 0 fully saturated rings.